The third-order valence-electron chi connectivity index (χ3n) is 3.91. The van der Waals surface area contributed by atoms with E-state index in [-0.39, 0.29) is 12.0 Å². The summed E-state index contributed by atoms with van der Waals surface area (Å²) in [6.45, 7) is 1.17. The number of nitrogens with one attached hydrogen (secondary N) is 1. The van der Waals surface area contributed by atoms with Crippen molar-refractivity contribution in [2.45, 2.75) is 25.0 Å². The van der Waals surface area contributed by atoms with Crippen LogP contribution in [0.3, 0.4) is 0 Å². The third-order valence-corrected chi connectivity index (χ3v) is 3.91. The first-order chi connectivity index (χ1) is 10.3. The normalized spacial score (nSPS) is 21.1. The van der Waals surface area contributed by atoms with Gasteiger partial charge in [-0.3, -0.25) is 4.79 Å². The van der Waals surface area contributed by atoms with E-state index >= 15 is 0 Å². The molecule has 1 N–H and O–H groups in total. The van der Waals surface area contributed by atoms with Gasteiger partial charge in [-0.15, -0.1) is 0 Å². The van der Waals surface area contributed by atoms with E-state index in [1.165, 1.54) is 5.56 Å². The van der Waals surface area contributed by atoms with E-state index in [4.69, 9.17) is 4.74 Å². The average Bonchev–Trinajstić information content (AvgIpc) is 3.04. The highest BCUT2D eigenvalue weighted by atomic mass is 16.5. The molecule has 3 rings (SSSR count). The highest BCUT2D eigenvalue weighted by molar-refractivity contribution is 5.76. The van der Waals surface area contributed by atoms with Gasteiger partial charge >= 0.3 is 5.97 Å². The Morgan fingerprint density at radius 2 is 1.71 bits per heavy atom. The molecule has 0 saturated carbocycles. The zero-order chi connectivity index (χ0) is 14.5. The Morgan fingerprint density at radius 1 is 1.05 bits per heavy atom. The lowest BCUT2D eigenvalue weighted by Crippen LogP contribution is -2.32. The lowest BCUT2D eigenvalue weighted by molar-refractivity contribution is -0.147. The summed E-state index contributed by atoms with van der Waals surface area (Å²) >= 11 is 0. The highest BCUT2D eigenvalue weighted by Gasteiger charge is 2.31. The van der Waals surface area contributed by atoms with Crippen LogP contribution in [0.1, 0.15) is 23.5 Å². The van der Waals surface area contributed by atoms with E-state index in [0.717, 1.165) is 18.5 Å². The third kappa shape index (κ3) is 3.50. The van der Waals surface area contributed by atoms with Gasteiger partial charge < -0.3 is 10.1 Å². The number of ether oxygens (including phenoxy) is 1. The zero-order valence-electron chi connectivity index (χ0n) is 11.9. The van der Waals surface area contributed by atoms with E-state index < -0.39 is 0 Å². The van der Waals surface area contributed by atoms with Crippen molar-refractivity contribution in [3.8, 4) is 0 Å². The van der Waals surface area contributed by atoms with E-state index in [0.29, 0.717) is 12.5 Å². The van der Waals surface area contributed by atoms with Crippen molar-refractivity contribution in [2.75, 3.05) is 6.54 Å². The fraction of sp³-hybridized carbons (Fsp3) is 0.278. The van der Waals surface area contributed by atoms with Crippen LogP contribution in [-0.2, 0) is 16.1 Å². The number of hydrogen-bond donors (Lipinski definition) is 1. The Morgan fingerprint density at radius 3 is 2.43 bits per heavy atom. The molecule has 0 amide bonds. The van der Waals surface area contributed by atoms with Crippen molar-refractivity contribution in [2.24, 2.45) is 0 Å². The molecule has 1 aliphatic rings. The number of esters is 1. The van der Waals surface area contributed by atoms with Crippen LogP contribution in [0, 0.1) is 0 Å². The van der Waals surface area contributed by atoms with Crippen molar-refractivity contribution < 1.29 is 9.53 Å². The summed E-state index contributed by atoms with van der Waals surface area (Å²) in [5.41, 5.74) is 2.30. The Kier molecular flexibility index (Phi) is 4.31. The summed E-state index contributed by atoms with van der Waals surface area (Å²) in [6.07, 6.45) is 0.803. The summed E-state index contributed by atoms with van der Waals surface area (Å²) in [4.78, 5) is 12.1. The number of carbonyl (C=O) groups excluding carboxylic acids is 1. The van der Waals surface area contributed by atoms with Crippen LogP contribution in [0.5, 0.6) is 0 Å². The van der Waals surface area contributed by atoms with E-state index in [1.54, 1.807) is 0 Å². The second-order valence-corrected chi connectivity index (χ2v) is 5.40. The van der Waals surface area contributed by atoms with Crippen molar-refractivity contribution in [1.82, 2.24) is 5.32 Å². The molecule has 1 aliphatic heterocycles. The molecule has 0 spiro atoms. The SMILES string of the molecule is O=C(OCc1ccccc1)[C@@H]1C[C@H](c2ccccc2)CN1. The predicted octanol–water partition coefficient (Wildman–Crippen LogP) is 2.88. The van der Waals surface area contributed by atoms with Gasteiger partial charge in [0.2, 0.25) is 0 Å². The largest absolute Gasteiger partial charge is 0.460 e. The molecule has 3 heteroatoms. The molecule has 0 bridgehead atoms. The maximum absolute atomic E-state index is 12.1. The molecule has 3 nitrogen and oxygen atoms in total. The Hall–Kier alpha value is -2.13. The predicted molar refractivity (Wildman–Crippen MR) is 81.8 cm³/mol. The average molecular weight is 281 g/mol. The van der Waals surface area contributed by atoms with Gasteiger partial charge in [0.1, 0.15) is 12.6 Å². The molecule has 2 atom stereocenters. The lowest BCUT2D eigenvalue weighted by Gasteiger charge is -2.11. The van der Waals surface area contributed by atoms with Crippen molar-refractivity contribution in [1.29, 1.82) is 0 Å². The summed E-state index contributed by atoms with van der Waals surface area (Å²) < 4.78 is 5.39. The fourth-order valence-electron chi connectivity index (χ4n) is 2.72. The maximum atomic E-state index is 12.1. The maximum Gasteiger partial charge on any atom is 0.323 e. The first-order valence-electron chi connectivity index (χ1n) is 7.32. The second kappa shape index (κ2) is 6.55. The van der Waals surface area contributed by atoms with Gasteiger partial charge in [-0.05, 0) is 23.5 Å². The summed E-state index contributed by atoms with van der Waals surface area (Å²) in [7, 11) is 0. The van der Waals surface area contributed by atoms with Crippen LogP contribution in [0.15, 0.2) is 60.7 Å². The lowest BCUT2D eigenvalue weighted by atomic mass is 9.96. The molecule has 108 valence electrons. The highest BCUT2D eigenvalue weighted by Crippen LogP contribution is 2.26. The monoisotopic (exact) mass is 281 g/mol. The van der Waals surface area contributed by atoms with Crippen molar-refractivity contribution in [3.63, 3.8) is 0 Å². The van der Waals surface area contributed by atoms with E-state index in [9.17, 15) is 4.79 Å². The van der Waals surface area contributed by atoms with E-state index in [2.05, 4.69) is 17.4 Å². The smallest absolute Gasteiger partial charge is 0.323 e. The van der Waals surface area contributed by atoms with Gasteiger partial charge in [-0.1, -0.05) is 60.7 Å². The second-order valence-electron chi connectivity index (χ2n) is 5.40. The number of benzene rings is 2. The molecule has 0 unspecified atom stereocenters. The minimum absolute atomic E-state index is 0.155. The van der Waals surface area contributed by atoms with Gasteiger partial charge in [0.25, 0.3) is 0 Å². The first-order valence-corrected chi connectivity index (χ1v) is 7.32. The van der Waals surface area contributed by atoms with Crippen molar-refractivity contribution >= 4 is 5.97 Å². The zero-order valence-corrected chi connectivity index (χ0v) is 11.9. The van der Waals surface area contributed by atoms with Crippen LogP contribution in [0.25, 0.3) is 0 Å². The van der Waals surface area contributed by atoms with Gasteiger partial charge in [0, 0.05) is 6.54 Å². The molecule has 1 heterocycles. The van der Waals surface area contributed by atoms with E-state index in [1.807, 2.05) is 48.5 Å². The van der Waals surface area contributed by atoms with Crippen LogP contribution in [0.4, 0.5) is 0 Å². The molecular formula is C18H19NO2. The molecule has 1 fully saturated rings. The van der Waals surface area contributed by atoms with Gasteiger partial charge in [-0.25, -0.2) is 0 Å². The standard InChI is InChI=1S/C18H19NO2/c20-18(21-13-14-7-3-1-4-8-14)17-11-16(12-19-17)15-9-5-2-6-10-15/h1-10,16-17,19H,11-13H2/t16-,17-/m0/s1. The Bertz CT molecular complexity index is 583. The summed E-state index contributed by atoms with van der Waals surface area (Å²) in [6, 6.07) is 19.9. The molecule has 0 aromatic heterocycles. The Balaban J connectivity index is 1.53. The molecule has 0 aliphatic carbocycles. The fourth-order valence-corrected chi connectivity index (χ4v) is 2.72. The van der Waals surface area contributed by atoms with Crippen LogP contribution in [-0.4, -0.2) is 18.6 Å². The molecule has 0 radical (unpaired) electrons. The topological polar surface area (TPSA) is 38.3 Å². The first kappa shape index (κ1) is 13.8. The molecule has 2 aromatic rings. The van der Waals surface area contributed by atoms with Gasteiger partial charge in [-0.2, -0.15) is 0 Å². The van der Waals surface area contributed by atoms with Crippen LogP contribution < -0.4 is 5.32 Å². The number of hydrogen-bond acceptors (Lipinski definition) is 3. The van der Waals surface area contributed by atoms with Crippen molar-refractivity contribution in [3.05, 3.63) is 71.8 Å². The minimum atomic E-state index is -0.195. The van der Waals surface area contributed by atoms with Gasteiger partial charge in [0.05, 0.1) is 0 Å². The molecule has 1 saturated heterocycles. The van der Waals surface area contributed by atoms with Gasteiger partial charge in [0.15, 0.2) is 0 Å². The summed E-state index contributed by atoms with van der Waals surface area (Å²) in [5.74, 6) is 0.234. The summed E-state index contributed by atoms with van der Waals surface area (Å²) in [5, 5.41) is 3.27. The number of carbonyl (C=O) groups is 1. The minimum Gasteiger partial charge on any atom is -0.460 e. The van der Waals surface area contributed by atoms with Crippen LogP contribution >= 0.6 is 0 Å². The quantitative estimate of drug-likeness (QED) is 0.876. The Labute approximate surface area is 124 Å². The molecule has 21 heavy (non-hydrogen) atoms. The number of rotatable bonds is 4. The molecular weight excluding hydrogens is 262 g/mol. The molecule has 2 aromatic carbocycles. The van der Waals surface area contributed by atoms with Crippen LogP contribution in [0.2, 0.25) is 0 Å².